The largest absolute Gasteiger partial charge is 0.383 e. The molecule has 36 heavy (non-hydrogen) atoms. The molecule has 0 radical (unpaired) electrons. The highest BCUT2D eigenvalue weighted by Gasteiger charge is 2.31. The number of amides is 1. The van der Waals surface area contributed by atoms with E-state index < -0.39 is 0 Å². The first-order valence-electron chi connectivity index (χ1n) is 11.8. The second kappa shape index (κ2) is 8.96. The number of nitrogen functional groups attached to an aromatic ring is 1. The maximum absolute atomic E-state index is 13.1. The lowest BCUT2D eigenvalue weighted by Crippen LogP contribution is -2.27. The molecule has 0 saturated carbocycles. The number of aryl methyl sites for hydroxylation is 1. The quantitative estimate of drug-likeness (QED) is 0.272. The van der Waals surface area contributed by atoms with Crippen LogP contribution in [0.5, 0.6) is 0 Å². The predicted molar refractivity (Wildman–Crippen MR) is 138 cm³/mol. The van der Waals surface area contributed by atoms with Gasteiger partial charge in [-0.3, -0.25) is 14.3 Å². The molecule has 0 spiro atoms. The number of rotatable bonds is 4. The van der Waals surface area contributed by atoms with Gasteiger partial charge in [0.25, 0.3) is 0 Å². The molecule has 1 fully saturated rings. The molecule has 1 atom stereocenters. The summed E-state index contributed by atoms with van der Waals surface area (Å²) in [6.45, 7) is 8.33. The second-order valence-electron chi connectivity index (χ2n) is 9.33. The molecule has 4 aromatic rings. The van der Waals surface area contributed by atoms with Crippen LogP contribution in [-0.4, -0.2) is 54.0 Å². The SMILES string of the molecule is C=CC(=O)N1CC[C@H](n2nc(C#Cc3ccc4c(c3)ncn4C)c3c(N)ncc(C(=O)C(C)C)c32)C1. The minimum atomic E-state index is -0.232. The summed E-state index contributed by atoms with van der Waals surface area (Å²) in [6.07, 6.45) is 5.29. The van der Waals surface area contributed by atoms with Crippen LogP contribution in [0.15, 0.2) is 43.4 Å². The highest BCUT2D eigenvalue weighted by atomic mass is 16.2. The average molecular weight is 482 g/mol. The number of carbonyl (C=O) groups excluding carboxylic acids is 2. The molecule has 182 valence electrons. The van der Waals surface area contributed by atoms with E-state index in [1.807, 2.05) is 48.3 Å². The first kappa shape index (κ1) is 23.3. The summed E-state index contributed by atoms with van der Waals surface area (Å²) in [5.74, 6) is 6.18. The minimum absolute atomic E-state index is 0.0502. The Kier molecular flexibility index (Phi) is 5.80. The number of carbonyl (C=O) groups is 2. The molecule has 0 unspecified atom stereocenters. The van der Waals surface area contributed by atoms with Crippen molar-refractivity contribution >= 4 is 39.4 Å². The Morgan fingerprint density at radius 1 is 1.25 bits per heavy atom. The van der Waals surface area contributed by atoms with Gasteiger partial charge in [0, 0.05) is 37.8 Å². The van der Waals surface area contributed by atoms with E-state index in [2.05, 4.69) is 28.4 Å². The van der Waals surface area contributed by atoms with Gasteiger partial charge < -0.3 is 15.2 Å². The van der Waals surface area contributed by atoms with Crippen molar-refractivity contribution in [1.29, 1.82) is 0 Å². The number of ketones is 1. The number of hydrogen-bond donors (Lipinski definition) is 1. The van der Waals surface area contributed by atoms with E-state index in [0.717, 1.165) is 16.6 Å². The molecule has 5 rings (SSSR count). The Morgan fingerprint density at radius 3 is 2.81 bits per heavy atom. The maximum atomic E-state index is 13.1. The number of likely N-dealkylation sites (tertiary alicyclic amines) is 1. The summed E-state index contributed by atoms with van der Waals surface area (Å²) in [5.41, 5.74) is 10.5. The zero-order chi connectivity index (χ0) is 25.6. The van der Waals surface area contributed by atoms with Crippen molar-refractivity contribution in [3.8, 4) is 11.8 Å². The summed E-state index contributed by atoms with van der Waals surface area (Å²) in [6, 6.07) is 5.70. The normalized spacial score (nSPS) is 15.4. The van der Waals surface area contributed by atoms with E-state index in [0.29, 0.717) is 41.7 Å². The van der Waals surface area contributed by atoms with Crippen molar-refractivity contribution in [1.82, 2.24) is 29.2 Å². The highest BCUT2D eigenvalue weighted by molar-refractivity contribution is 6.10. The molecule has 3 aromatic heterocycles. The van der Waals surface area contributed by atoms with Gasteiger partial charge in [-0.25, -0.2) is 9.97 Å². The van der Waals surface area contributed by atoms with Gasteiger partial charge >= 0.3 is 0 Å². The smallest absolute Gasteiger partial charge is 0.246 e. The topological polar surface area (TPSA) is 112 Å². The average Bonchev–Trinajstić information content (AvgIpc) is 3.59. The zero-order valence-corrected chi connectivity index (χ0v) is 20.5. The Labute approximate surface area is 208 Å². The van der Waals surface area contributed by atoms with Gasteiger partial charge in [-0.1, -0.05) is 26.3 Å². The number of anilines is 1. The van der Waals surface area contributed by atoms with E-state index in [9.17, 15) is 9.59 Å². The molecule has 1 saturated heterocycles. The van der Waals surface area contributed by atoms with Gasteiger partial charge in [-0.15, -0.1) is 0 Å². The summed E-state index contributed by atoms with van der Waals surface area (Å²) in [5, 5.41) is 5.38. The fraction of sp³-hybridized carbons (Fsp3) is 0.296. The molecule has 9 nitrogen and oxygen atoms in total. The summed E-state index contributed by atoms with van der Waals surface area (Å²) in [7, 11) is 1.94. The van der Waals surface area contributed by atoms with Crippen LogP contribution in [-0.2, 0) is 11.8 Å². The lowest BCUT2D eigenvalue weighted by atomic mass is 10.00. The monoisotopic (exact) mass is 481 g/mol. The molecule has 1 aromatic carbocycles. The third-order valence-corrected chi connectivity index (χ3v) is 6.59. The van der Waals surface area contributed by atoms with E-state index in [1.165, 1.54) is 12.3 Å². The van der Waals surface area contributed by atoms with E-state index in [-0.39, 0.29) is 29.5 Å². The number of imidazole rings is 1. The fourth-order valence-corrected chi connectivity index (χ4v) is 4.65. The Bertz CT molecular complexity index is 1600. The number of aromatic nitrogens is 5. The van der Waals surface area contributed by atoms with Crippen molar-refractivity contribution in [2.45, 2.75) is 26.3 Å². The highest BCUT2D eigenvalue weighted by Crippen LogP contribution is 2.33. The fourth-order valence-electron chi connectivity index (χ4n) is 4.65. The maximum Gasteiger partial charge on any atom is 0.246 e. The van der Waals surface area contributed by atoms with Crippen molar-refractivity contribution in [3.05, 3.63) is 60.2 Å². The summed E-state index contributed by atoms with van der Waals surface area (Å²) in [4.78, 5) is 35.8. The number of benzene rings is 1. The molecular weight excluding hydrogens is 454 g/mol. The van der Waals surface area contributed by atoms with Gasteiger partial charge in [-0.05, 0) is 36.6 Å². The van der Waals surface area contributed by atoms with Crippen LogP contribution < -0.4 is 5.73 Å². The van der Waals surface area contributed by atoms with E-state index in [1.54, 1.807) is 11.2 Å². The first-order valence-corrected chi connectivity index (χ1v) is 11.8. The lowest BCUT2D eigenvalue weighted by molar-refractivity contribution is -0.125. The number of nitrogens with two attached hydrogens (primary N) is 1. The third kappa shape index (κ3) is 3.90. The molecule has 1 aliphatic heterocycles. The molecule has 0 aliphatic carbocycles. The van der Waals surface area contributed by atoms with Crippen molar-refractivity contribution in [3.63, 3.8) is 0 Å². The Balaban J connectivity index is 1.65. The second-order valence-corrected chi connectivity index (χ2v) is 9.33. The van der Waals surface area contributed by atoms with Crippen molar-refractivity contribution < 1.29 is 9.59 Å². The van der Waals surface area contributed by atoms with Crippen LogP contribution in [0, 0.1) is 17.8 Å². The molecule has 1 amide bonds. The number of hydrogen-bond acceptors (Lipinski definition) is 6. The Hall–Kier alpha value is -4.45. The minimum Gasteiger partial charge on any atom is -0.383 e. The van der Waals surface area contributed by atoms with Crippen molar-refractivity contribution in [2.24, 2.45) is 13.0 Å². The molecule has 9 heteroatoms. The third-order valence-electron chi connectivity index (χ3n) is 6.59. The van der Waals surface area contributed by atoms with Crippen LogP contribution in [0.2, 0.25) is 0 Å². The van der Waals surface area contributed by atoms with Crippen LogP contribution in [0.4, 0.5) is 5.82 Å². The number of pyridine rings is 1. The van der Waals surface area contributed by atoms with Gasteiger partial charge in [0.15, 0.2) is 5.78 Å². The van der Waals surface area contributed by atoms with Gasteiger partial charge in [0.2, 0.25) is 5.91 Å². The molecular formula is C27H27N7O2. The number of nitrogens with zero attached hydrogens (tertiary/aromatic N) is 6. The first-order chi connectivity index (χ1) is 17.3. The van der Waals surface area contributed by atoms with E-state index in [4.69, 9.17) is 10.8 Å². The predicted octanol–water partition coefficient (Wildman–Crippen LogP) is 3.10. The molecule has 0 bridgehead atoms. The molecule has 4 heterocycles. The molecule has 1 aliphatic rings. The standard InChI is InChI=1S/C27H27N7O2/c1-5-23(35)33-11-10-18(14-33)34-25-19(26(36)16(2)3)13-29-27(28)24(25)20(31-34)8-6-17-7-9-22-21(12-17)30-15-32(22)4/h5,7,9,12-13,15-16,18H,1,10-11,14H2,2-4H3,(H2,28,29)/t18-/m0/s1. The van der Waals surface area contributed by atoms with Crippen LogP contribution >= 0.6 is 0 Å². The lowest BCUT2D eigenvalue weighted by Gasteiger charge is -2.16. The molecule has 2 N–H and O–H groups in total. The number of fused-ring (bicyclic) bond motifs is 2. The summed E-state index contributed by atoms with van der Waals surface area (Å²) >= 11 is 0. The van der Waals surface area contributed by atoms with Crippen molar-refractivity contribution in [2.75, 3.05) is 18.8 Å². The van der Waals surface area contributed by atoms with Gasteiger partial charge in [0.1, 0.15) is 11.5 Å². The van der Waals surface area contributed by atoms with E-state index >= 15 is 0 Å². The van der Waals surface area contributed by atoms with Gasteiger partial charge in [0.05, 0.1) is 39.9 Å². The Morgan fingerprint density at radius 2 is 2.06 bits per heavy atom. The van der Waals surface area contributed by atoms with Crippen LogP contribution in [0.1, 0.15) is 47.9 Å². The van der Waals surface area contributed by atoms with Gasteiger partial charge in [-0.2, -0.15) is 5.10 Å². The zero-order valence-electron chi connectivity index (χ0n) is 20.5. The summed E-state index contributed by atoms with van der Waals surface area (Å²) < 4.78 is 3.76. The van der Waals surface area contributed by atoms with Crippen LogP contribution in [0.3, 0.4) is 0 Å². The number of Topliss-reactive ketones (excluding diaryl/α,β-unsaturated/α-hetero) is 1. The van der Waals surface area contributed by atoms with Crippen LogP contribution in [0.25, 0.3) is 21.9 Å².